The number of hydrogen-bond acceptors (Lipinski definition) is 6. The molecule has 1 N–H and O–H groups in total. The molecule has 3 saturated heterocycles. The van der Waals surface area contributed by atoms with Gasteiger partial charge in [0.1, 0.15) is 17.6 Å². The standard InChI is InChI=1S/C35H44N2O6/c1-6-10-20-42-33(41)29-28-31(39)37(27(22-38)23(5)8-3)30(35(28)18-17-34(29,9-4)43-35)32(40)36(19-7-2)26-16-15-24-13-11-12-14-25(24)21-26/h6-7,11-16,21,23,27-30,38H,1-2,8-10,17-20,22H2,3-5H3/t23-,27-,28-,29-,30?,34+,35?/m0/s1. The first-order valence-electron chi connectivity index (χ1n) is 15.5. The summed E-state index contributed by atoms with van der Waals surface area (Å²) in [6, 6.07) is 12.1. The number of hydrogen-bond donors (Lipinski definition) is 1. The number of ether oxygens (including phenoxy) is 2. The molecule has 3 fully saturated rings. The van der Waals surface area contributed by atoms with E-state index in [-0.39, 0.29) is 37.5 Å². The lowest BCUT2D eigenvalue weighted by Gasteiger charge is -2.41. The Morgan fingerprint density at radius 2 is 1.91 bits per heavy atom. The third-order valence-electron chi connectivity index (χ3n) is 10.1. The Labute approximate surface area is 254 Å². The summed E-state index contributed by atoms with van der Waals surface area (Å²) in [5.74, 6) is -2.92. The van der Waals surface area contributed by atoms with E-state index in [4.69, 9.17) is 9.47 Å². The van der Waals surface area contributed by atoms with Gasteiger partial charge in [-0.25, -0.2) is 0 Å². The van der Waals surface area contributed by atoms with Crippen molar-refractivity contribution in [1.29, 1.82) is 0 Å². The molecule has 8 nitrogen and oxygen atoms in total. The summed E-state index contributed by atoms with van der Waals surface area (Å²) in [4.78, 5) is 46.5. The summed E-state index contributed by atoms with van der Waals surface area (Å²) < 4.78 is 12.6. The van der Waals surface area contributed by atoms with E-state index < -0.39 is 41.1 Å². The fourth-order valence-electron chi connectivity index (χ4n) is 7.74. The quantitative estimate of drug-likeness (QED) is 0.200. The molecular weight excluding hydrogens is 544 g/mol. The smallest absolute Gasteiger partial charge is 0.312 e. The maximum absolute atomic E-state index is 15.0. The highest BCUT2D eigenvalue weighted by molar-refractivity contribution is 6.05. The van der Waals surface area contributed by atoms with E-state index in [2.05, 4.69) is 13.2 Å². The second-order valence-electron chi connectivity index (χ2n) is 12.2. The SMILES string of the molecule is C=CCCOC(=O)[C@@H]1[C@H]2C(=O)N([C@@H](CO)[C@@H](C)CC)C(C(=O)N(CC=C)c3ccc4ccccc4c3)C23CC[C@@]1(CC)O3. The van der Waals surface area contributed by atoms with Crippen molar-refractivity contribution in [2.45, 2.75) is 76.2 Å². The third-order valence-corrected chi connectivity index (χ3v) is 10.1. The highest BCUT2D eigenvalue weighted by atomic mass is 16.6. The molecule has 43 heavy (non-hydrogen) atoms. The number of aliphatic hydroxyl groups excluding tert-OH is 1. The van der Waals surface area contributed by atoms with E-state index in [1.54, 1.807) is 22.0 Å². The zero-order chi connectivity index (χ0) is 30.9. The van der Waals surface area contributed by atoms with Crippen LogP contribution in [0.1, 0.15) is 52.9 Å². The number of esters is 1. The summed E-state index contributed by atoms with van der Waals surface area (Å²) >= 11 is 0. The molecular formula is C35H44N2O6. The van der Waals surface area contributed by atoms with Crippen molar-refractivity contribution in [2.75, 3.05) is 24.7 Å². The molecule has 2 unspecified atom stereocenters. The first-order valence-corrected chi connectivity index (χ1v) is 15.5. The van der Waals surface area contributed by atoms with Crippen LogP contribution in [0, 0.1) is 17.8 Å². The van der Waals surface area contributed by atoms with Crippen LogP contribution in [-0.4, -0.2) is 70.8 Å². The summed E-state index contributed by atoms with van der Waals surface area (Å²) in [6.07, 6.45) is 6.05. The Hall–Kier alpha value is -3.49. The Morgan fingerprint density at radius 1 is 1.16 bits per heavy atom. The van der Waals surface area contributed by atoms with Crippen LogP contribution >= 0.6 is 0 Å². The van der Waals surface area contributed by atoms with Crippen LogP contribution in [0.2, 0.25) is 0 Å². The Kier molecular flexibility index (Phi) is 8.82. The number of nitrogens with zero attached hydrogens (tertiary/aromatic N) is 2. The molecule has 7 atom stereocenters. The minimum Gasteiger partial charge on any atom is -0.465 e. The molecule has 230 valence electrons. The van der Waals surface area contributed by atoms with E-state index >= 15 is 0 Å². The molecule has 0 aromatic heterocycles. The summed E-state index contributed by atoms with van der Waals surface area (Å²) in [6.45, 7) is 13.6. The fraction of sp³-hybridized carbons (Fsp3) is 0.514. The number of anilines is 1. The van der Waals surface area contributed by atoms with Crippen LogP contribution in [0.3, 0.4) is 0 Å². The maximum Gasteiger partial charge on any atom is 0.312 e. The number of amides is 2. The number of fused-ring (bicyclic) bond motifs is 2. The molecule has 2 bridgehead atoms. The Morgan fingerprint density at radius 3 is 2.56 bits per heavy atom. The number of carbonyl (C=O) groups is 3. The second-order valence-corrected chi connectivity index (χ2v) is 12.2. The molecule has 0 saturated carbocycles. The van der Waals surface area contributed by atoms with E-state index in [0.717, 1.165) is 10.8 Å². The molecule has 1 spiro atoms. The number of carbonyl (C=O) groups excluding carboxylic acids is 3. The topological polar surface area (TPSA) is 96.4 Å². The summed E-state index contributed by atoms with van der Waals surface area (Å²) in [5, 5.41) is 12.7. The molecule has 5 rings (SSSR count). The van der Waals surface area contributed by atoms with Crippen molar-refractivity contribution >= 4 is 34.2 Å². The first-order chi connectivity index (χ1) is 20.7. The van der Waals surface area contributed by atoms with E-state index in [0.29, 0.717) is 37.8 Å². The van der Waals surface area contributed by atoms with Gasteiger partial charge >= 0.3 is 5.97 Å². The monoisotopic (exact) mass is 588 g/mol. The minimum atomic E-state index is -1.22. The molecule has 2 amide bonds. The van der Waals surface area contributed by atoms with Gasteiger partial charge in [-0.2, -0.15) is 0 Å². The zero-order valence-electron chi connectivity index (χ0n) is 25.5. The minimum absolute atomic E-state index is 0.0941. The number of aliphatic hydroxyl groups is 1. The zero-order valence-corrected chi connectivity index (χ0v) is 25.5. The average Bonchev–Trinajstić information content (AvgIpc) is 3.63. The third kappa shape index (κ3) is 4.89. The molecule has 2 aromatic carbocycles. The van der Waals surface area contributed by atoms with Gasteiger partial charge in [-0.05, 0) is 54.5 Å². The highest BCUT2D eigenvalue weighted by Crippen LogP contribution is 2.65. The Balaban J connectivity index is 1.64. The van der Waals surface area contributed by atoms with Crippen molar-refractivity contribution in [2.24, 2.45) is 17.8 Å². The van der Waals surface area contributed by atoms with Crippen LogP contribution < -0.4 is 4.90 Å². The van der Waals surface area contributed by atoms with E-state index in [1.165, 1.54) is 0 Å². The first kappa shape index (κ1) is 31.0. The van der Waals surface area contributed by atoms with Crippen molar-refractivity contribution in [3.63, 3.8) is 0 Å². The lowest BCUT2D eigenvalue weighted by Crippen LogP contribution is -2.60. The lowest BCUT2D eigenvalue weighted by molar-refractivity contribution is -0.162. The van der Waals surface area contributed by atoms with Gasteiger partial charge in [0.05, 0.1) is 30.8 Å². The van der Waals surface area contributed by atoms with Crippen molar-refractivity contribution in [1.82, 2.24) is 4.90 Å². The second kappa shape index (κ2) is 12.2. The van der Waals surface area contributed by atoms with Crippen molar-refractivity contribution < 1.29 is 29.0 Å². The molecule has 2 aromatic rings. The van der Waals surface area contributed by atoms with Gasteiger partial charge in [-0.15, -0.1) is 13.2 Å². The Bertz CT molecular complexity index is 1410. The molecule has 0 aliphatic carbocycles. The van der Waals surface area contributed by atoms with Crippen LogP contribution in [0.4, 0.5) is 5.69 Å². The van der Waals surface area contributed by atoms with Gasteiger partial charge in [0, 0.05) is 12.2 Å². The van der Waals surface area contributed by atoms with Gasteiger partial charge in [-0.1, -0.05) is 69.7 Å². The number of benzene rings is 2. The number of likely N-dealkylation sites (tertiary alicyclic amines) is 1. The predicted molar refractivity (Wildman–Crippen MR) is 166 cm³/mol. The predicted octanol–water partition coefficient (Wildman–Crippen LogP) is 5.04. The van der Waals surface area contributed by atoms with Gasteiger partial charge in [0.25, 0.3) is 5.91 Å². The van der Waals surface area contributed by atoms with Gasteiger partial charge in [0.2, 0.25) is 5.91 Å². The summed E-state index contributed by atoms with van der Waals surface area (Å²) in [5.41, 5.74) is -1.44. The van der Waals surface area contributed by atoms with Gasteiger partial charge < -0.3 is 24.4 Å². The molecule has 3 aliphatic heterocycles. The summed E-state index contributed by atoms with van der Waals surface area (Å²) in [7, 11) is 0. The fourth-order valence-corrected chi connectivity index (χ4v) is 7.74. The van der Waals surface area contributed by atoms with Gasteiger partial charge in [0.15, 0.2) is 0 Å². The van der Waals surface area contributed by atoms with Gasteiger partial charge in [-0.3, -0.25) is 14.4 Å². The maximum atomic E-state index is 15.0. The number of rotatable bonds is 13. The molecule has 0 radical (unpaired) electrons. The lowest BCUT2D eigenvalue weighted by atomic mass is 9.65. The molecule has 8 heteroatoms. The largest absolute Gasteiger partial charge is 0.465 e. The van der Waals surface area contributed by atoms with Crippen LogP contribution in [-0.2, 0) is 23.9 Å². The van der Waals surface area contributed by atoms with E-state index in [9.17, 15) is 19.5 Å². The van der Waals surface area contributed by atoms with Crippen LogP contribution in [0.25, 0.3) is 10.8 Å². The van der Waals surface area contributed by atoms with Crippen LogP contribution in [0.5, 0.6) is 0 Å². The van der Waals surface area contributed by atoms with Crippen molar-refractivity contribution in [3.8, 4) is 0 Å². The highest BCUT2D eigenvalue weighted by Gasteiger charge is 2.79. The van der Waals surface area contributed by atoms with Crippen molar-refractivity contribution in [3.05, 3.63) is 67.8 Å². The molecule has 3 aliphatic rings. The molecule has 3 heterocycles. The van der Waals surface area contributed by atoms with E-state index in [1.807, 2.05) is 63.2 Å². The normalized spacial score (nSPS) is 28.9. The average molecular weight is 589 g/mol. The van der Waals surface area contributed by atoms with Crippen LogP contribution in [0.15, 0.2) is 67.8 Å².